The van der Waals surface area contributed by atoms with Crippen molar-refractivity contribution in [1.29, 1.82) is 5.26 Å². The van der Waals surface area contributed by atoms with Gasteiger partial charge in [-0.3, -0.25) is 4.79 Å². The standard InChI is InChI=1S/C18H11F2N3OS3/c19-18(20)27-15-3-1-13(2-4-15)22-16(24)12(8-21)7-14-10-26-17(23-14)11-5-6-25-9-11/h1-7,9-10,18H,(H,22,24)/b12-7-. The molecule has 0 unspecified atom stereocenters. The fourth-order valence-electron chi connectivity index (χ4n) is 2.09. The van der Waals surface area contributed by atoms with Crippen molar-refractivity contribution in [3.8, 4) is 16.6 Å². The van der Waals surface area contributed by atoms with E-state index in [0.717, 1.165) is 10.6 Å². The lowest BCUT2D eigenvalue weighted by Crippen LogP contribution is -2.13. The molecular formula is C18H11F2N3OS3. The van der Waals surface area contributed by atoms with Crippen LogP contribution in [0, 0.1) is 11.3 Å². The maximum Gasteiger partial charge on any atom is 0.288 e. The highest BCUT2D eigenvalue weighted by molar-refractivity contribution is 7.99. The molecule has 0 spiro atoms. The van der Waals surface area contributed by atoms with Gasteiger partial charge < -0.3 is 5.32 Å². The minimum absolute atomic E-state index is 0.0943. The minimum atomic E-state index is -2.50. The number of rotatable bonds is 6. The first-order valence-electron chi connectivity index (χ1n) is 7.51. The van der Waals surface area contributed by atoms with Crippen LogP contribution in [0.15, 0.2) is 56.9 Å². The van der Waals surface area contributed by atoms with Crippen molar-refractivity contribution in [1.82, 2.24) is 4.98 Å². The van der Waals surface area contributed by atoms with Gasteiger partial charge in [0.1, 0.15) is 16.6 Å². The van der Waals surface area contributed by atoms with Gasteiger partial charge in [-0.05, 0) is 41.8 Å². The fraction of sp³-hybridized carbons (Fsp3) is 0.0556. The number of halogens is 2. The fourth-order valence-corrected chi connectivity index (χ4v) is 4.07. The summed E-state index contributed by atoms with van der Waals surface area (Å²) in [5.41, 5.74) is 1.84. The smallest absolute Gasteiger partial charge is 0.288 e. The summed E-state index contributed by atoms with van der Waals surface area (Å²) in [6, 6.07) is 9.80. The zero-order valence-electron chi connectivity index (χ0n) is 13.6. The molecule has 3 rings (SSSR count). The van der Waals surface area contributed by atoms with Gasteiger partial charge in [-0.15, -0.1) is 11.3 Å². The lowest BCUT2D eigenvalue weighted by Gasteiger charge is -2.05. The van der Waals surface area contributed by atoms with Crippen molar-refractivity contribution in [2.45, 2.75) is 10.7 Å². The second-order valence-electron chi connectivity index (χ2n) is 5.12. The molecule has 0 saturated heterocycles. The zero-order valence-corrected chi connectivity index (χ0v) is 16.0. The molecule has 1 N–H and O–H groups in total. The number of thiazole rings is 1. The van der Waals surface area contributed by atoms with Crippen LogP contribution in [-0.2, 0) is 4.79 Å². The molecule has 2 aromatic heterocycles. The number of benzene rings is 1. The first-order chi connectivity index (χ1) is 13.0. The number of amides is 1. The second-order valence-corrected chi connectivity index (χ2v) is 7.82. The van der Waals surface area contributed by atoms with Crippen LogP contribution in [0.3, 0.4) is 0 Å². The molecule has 0 aliphatic heterocycles. The van der Waals surface area contributed by atoms with Crippen LogP contribution in [0.25, 0.3) is 16.6 Å². The SMILES string of the molecule is N#C/C(=C/c1csc(-c2ccsc2)n1)C(=O)Nc1ccc(SC(F)F)cc1. The Labute approximate surface area is 166 Å². The van der Waals surface area contributed by atoms with E-state index in [0.29, 0.717) is 28.0 Å². The number of carbonyl (C=O) groups excluding carboxylic acids is 1. The largest absolute Gasteiger partial charge is 0.321 e. The van der Waals surface area contributed by atoms with Gasteiger partial charge in [-0.25, -0.2) is 4.98 Å². The highest BCUT2D eigenvalue weighted by Gasteiger charge is 2.12. The molecule has 0 fully saturated rings. The molecule has 2 heterocycles. The molecule has 0 radical (unpaired) electrons. The van der Waals surface area contributed by atoms with Gasteiger partial charge in [0.05, 0.1) is 5.69 Å². The Morgan fingerprint density at radius 1 is 1.26 bits per heavy atom. The summed E-state index contributed by atoms with van der Waals surface area (Å²) in [4.78, 5) is 17.1. The summed E-state index contributed by atoms with van der Waals surface area (Å²) < 4.78 is 24.7. The van der Waals surface area contributed by atoms with Gasteiger partial charge in [0.2, 0.25) is 0 Å². The Bertz CT molecular complexity index is 990. The van der Waals surface area contributed by atoms with E-state index in [1.807, 2.05) is 22.9 Å². The number of thioether (sulfide) groups is 1. The lowest BCUT2D eigenvalue weighted by molar-refractivity contribution is -0.112. The van der Waals surface area contributed by atoms with Crippen LogP contribution in [0.4, 0.5) is 14.5 Å². The second kappa shape index (κ2) is 8.90. The highest BCUT2D eigenvalue weighted by Crippen LogP contribution is 2.27. The zero-order chi connectivity index (χ0) is 19.2. The summed E-state index contributed by atoms with van der Waals surface area (Å²) in [6.45, 7) is 0. The van der Waals surface area contributed by atoms with E-state index in [1.54, 1.807) is 16.7 Å². The Kier molecular flexibility index (Phi) is 6.34. The Hall–Kier alpha value is -2.54. The number of nitrogens with zero attached hydrogens (tertiary/aromatic N) is 2. The van der Waals surface area contributed by atoms with Crippen molar-refractivity contribution in [2.75, 3.05) is 5.32 Å². The van der Waals surface area contributed by atoms with Crippen molar-refractivity contribution in [3.05, 3.63) is 57.7 Å². The quantitative estimate of drug-likeness (QED) is 0.315. The molecule has 1 aromatic carbocycles. The molecule has 136 valence electrons. The number of aromatic nitrogens is 1. The van der Waals surface area contributed by atoms with Crippen LogP contribution in [-0.4, -0.2) is 16.6 Å². The van der Waals surface area contributed by atoms with Crippen LogP contribution in [0.2, 0.25) is 0 Å². The summed E-state index contributed by atoms with van der Waals surface area (Å²) in [6.07, 6.45) is 1.42. The number of thiophene rings is 1. The molecule has 27 heavy (non-hydrogen) atoms. The minimum Gasteiger partial charge on any atom is -0.321 e. The number of carbonyl (C=O) groups is 1. The molecule has 0 bridgehead atoms. The normalized spacial score (nSPS) is 11.4. The number of alkyl halides is 2. The Balaban J connectivity index is 1.70. The summed E-state index contributed by atoms with van der Waals surface area (Å²) in [7, 11) is 0. The summed E-state index contributed by atoms with van der Waals surface area (Å²) in [5.74, 6) is -3.09. The maximum atomic E-state index is 12.3. The topological polar surface area (TPSA) is 65.8 Å². The van der Waals surface area contributed by atoms with Crippen LogP contribution >= 0.6 is 34.4 Å². The number of anilines is 1. The molecular weight excluding hydrogens is 408 g/mol. The molecule has 9 heteroatoms. The van der Waals surface area contributed by atoms with E-state index in [1.165, 1.54) is 41.7 Å². The van der Waals surface area contributed by atoms with E-state index in [2.05, 4.69) is 10.3 Å². The average molecular weight is 420 g/mol. The first-order valence-corrected chi connectivity index (χ1v) is 10.2. The number of nitriles is 1. The molecule has 0 aliphatic rings. The lowest BCUT2D eigenvalue weighted by atomic mass is 10.2. The van der Waals surface area contributed by atoms with Gasteiger partial charge in [0, 0.05) is 26.9 Å². The van der Waals surface area contributed by atoms with E-state index in [-0.39, 0.29) is 5.57 Å². The monoisotopic (exact) mass is 419 g/mol. The third-order valence-electron chi connectivity index (χ3n) is 3.28. The van der Waals surface area contributed by atoms with Crippen molar-refractivity contribution in [3.63, 3.8) is 0 Å². The van der Waals surface area contributed by atoms with Crippen LogP contribution in [0.1, 0.15) is 5.69 Å². The predicted molar refractivity (Wildman–Crippen MR) is 106 cm³/mol. The molecule has 0 saturated carbocycles. The van der Waals surface area contributed by atoms with Gasteiger partial charge >= 0.3 is 0 Å². The molecule has 0 atom stereocenters. The van der Waals surface area contributed by atoms with E-state index >= 15 is 0 Å². The van der Waals surface area contributed by atoms with E-state index in [4.69, 9.17) is 0 Å². The first kappa shape index (κ1) is 19.2. The van der Waals surface area contributed by atoms with E-state index in [9.17, 15) is 18.8 Å². The number of hydrogen-bond donors (Lipinski definition) is 1. The third-order valence-corrected chi connectivity index (χ3v) is 5.60. The van der Waals surface area contributed by atoms with Gasteiger partial charge in [-0.2, -0.15) is 25.4 Å². The average Bonchev–Trinajstić information content (AvgIpc) is 3.32. The number of hydrogen-bond acceptors (Lipinski definition) is 6. The number of nitrogens with one attached hydrogen (secondary N) is 1. The Morgan fingerprint density at radius 2 is 2.04 bits per heavy atom. The third kappa shape index (κ3) is 5.23. The highest BCUT2D eigenvalue weighted by atomic mass is 32.2. The van der Waals surface area contributed by atoms with Crippen LogP contribution in [0.5, 0.6) is 0 Å². The van der Waals surface area contributed by atoms with Crippen molar-refractivity contribution in [2.24, 2.45) is 0 Å². The summed E-state index contributed by atoms with van der Waals surface area (Å²) in [5, 5.41) is 18.4. The molecule has 4 nitrogen and oxygen atoms in total. The Morgan fingerprint density at radius 3 is 2.67 bits per heavy atom. The predicted octanol–water partition coefficient (Wildman–Crippen LogP) is 5.73. The van der Waals surface area contributed by atoms with Crippen molar-refractivity contribution >= 4 is 52.1 Å². The summed E-state index contributed by atoms with van der Waals surface area (Å²) >= 11 is 3.42. The maximum absolute atomic E-state index is 12.3. The van der Waals surface area contributed by atoms with Gasteiger partial charge in [0.25, 0.3) is 11.7 Å². The molecule has 1 amide bonds. The van der Waals surface area contributed by atoms with Crippen molar-refractivity contribution < 1.29 is 13.6 Å². The van der Waals surface area contributed by atoms with Gasteiger partial charge in [-0.1, -0.05) is 11.8 Å². The molecule has 3 aromatic rings. The van der Waals surface area contributed by atoms with E-state index < -0.39 is 11.7 Å². The van der Waals surface area contributed by atoms with Gasteiger partial charge in [0.15, 0.2) is 0 Å². The molecule has 0 aliphatic carbocycles. The van der Waals surface area contributed by atoms with Crippen LogP contribution < -0.4 is 5.32 Å².